The SMILES string of the molecule is C[C@@H]1CN(c2nc3ccc(C(F)(F)F)cc3s2)C[C@@H](C)N1C(=O)OC1CCN(Cc2ccccc2)CC1. The fourth-order valence-corrected chi connectivity index (χ4v) is 6.32. The summed E-state index contributed by atoms with van der Waals surface area (Å²) in [7, 11) is 0. The van der Waals surface area contributed by atoms with Crippen molar-refractivity contribution in [1.29, 1.82) is 0 Å². The van der Waals surface area contributed by atoms with Crippen LogP contribution in [0.4, 0.5) is 23.1 Å². The fraction of sp³-hybridized carbons (Fsp3) is 0.481. The maximum absolute atomic E-state index is 13.1. The first-order valence-electron chi connectivity index (χ1n) is 12.7. The number of carbonyl (C=O) groups excluding carboxylic acids is 1. The maximum Gasteiger partial charge on any atom is 0.416 e. The Labute approximate surface area is 218 Å². The Hall–Kier alpha value is -2.85. The Morgan fingerprint density at radius 3 is 2.38 bits per heavy atom. The molecular formula is C27H31F3N4O2S. The molecule has 2 saturated heterocycles. The highest BCUT2D eigenvalue weighted by atomic mass is 32.1. The van der Waals surface area contributed by atoms with Gasteiger partial charge in [0.05, 0.1) is 27.9 Å². The Morgan fingerprint density at radius 1 is 1.05 bits per heavy atom. The first kappa shape index (κ1) is 25.8. The number of rotatable bonds is 4. The molecule has 2 aliphatic rings. The third-order valence-corrected chi connectivity index (χ3v) is 8.23. The van der Waals surface area contributed by atoms with Crippen molar-refractivity contribution in [2.75, 3.05) is 31.1 Å². The molecule has 0 N–H and O–H groups in total. The van der Waals surface area contributed by atoms with Crippen molar-refractivity contribution in [2.24, 2.45) is 0 Å². The van der Waals surface area contributed by atoms with Crippen molar-refractivity contribution < 1.29 is 22.7 Å². The Balaban J connectivity index is 1.16. The number of piperazine rings is 1. The second-order valence-corrected chi connectivity index (χ2v) is 11.0. The van der Waals surface area contributed by atoms with E-state index in [1.54, 1.807) is 4.90 Å². The topological polar surface area (TPSA) is 48.9 Å². The fourth-order valence-electron chi connectivity index (χ4n) is 5.29. The van der Waals surface area contributed by atoms with Crippen LogP contribution in [0.15, 0.2) is 48.5 Å². The van der Waals surface area contributed by atoms with E-state index in [1.165, 1.54) is 23.0 Å². The minimum atomic E-state index is -4.38. The van der Waals surface area contributed by atoms with Crippen LogP contribution >= 0.6 is 11.3 Å². The van der Waals surface area contributed by atoms with Gasteiger partial charge in [-0.2, -0.15) is 13.2 Å². The number of hydrogen-bond donors (Lipinski definition) is 0. The van der Waals surface area contributed by atoms with E-state index in [1.807, 2.05) is 32.0 Å². The van der Waals surface area contributed by atoms with Crippen molar-refractivity contribution in [3.63, 3.8) is 0 Å². The number of ether oxygens (including phenoxy) is 1. The number of carbonyl (C=O) groups is 1. The summed E-state index contributed by atoms with van der Waals surface area (Å²) >= 11 is 1.25. The summed E-state index contributed by atoms with van der Waals surface area (Å²) in [6, 6.07) is 13.8. The number of piperidine rings is 1. The van der Waals surface area contributed by atoms with Crippen LogP contribution in [0.5, 0.6) is 0 Å². The largest absolute Gasteiger partial charge is 0.446 e. The second kappa shape index (κ2) is 10.5. The van der Waals surface area contributed by atoms with Crippen molar-refractivity contribution in [3.8, 4) is 0 Å². The van der Waals surface area contributed by atoms with Gasteiger partial charge in [0.15, 0.2) is 5.13 Å². The van der Waals surface area contributed by atoms with E-state index in [9.17, 15) is 18.0 Å². The number of nitrogens with zero attached hydrogens (tertiary/aromatic N) is 4. The summed E-state index contributed by atoms with van der Waals surface area (Å²) in [6.07, 6.45) is -3.14. The van der Waals surface area contributed by atoms with E-state index < -0.39 is 11.7 Å². The summed E-state index contributed by atoms with van der Waals surface area (Å²) in [5.74, 6) is 0. The smallest absolute Gasteiger partial charge is 0.416 e. The predicted octanol–water partition coefficient (Wildman–Crippen LogP) is 6.02. The van der Waals surface area contributed by atoms with Gasteiger partial charge in [-0.25, -0.2) is 9.78 Å². The van der Waals surface area contributed by atoms with E-state index in [-0.39, 0.29) is 24.3 Å². The van der Waals surface area contributed by atoms with Crippen LogP contribution in [-0.2, 0) is 17.5 Å². The van der Waals surface area contributed by atoms with Gasteiger partial charge in [-0.05, 0) is 50.5 Å². The molecule has 2 fully saturated rings. The van der Waals surface area contributed by atoms with Gasteiger partial charge in [-0.1, -0.05) is 41.7 Å². The molecule has 2 aliphatic heterocycles. The minimum absolute atomic E-state index is 0.0935. The third kappa shape index (κ3) is 5.85. The number of halogens is 3. The Bertz CT molecular complexity index is 1220. The lowest BCUT2D eigenvalue weighted by Gasteiger charge is -2.44. The standard InChI is InChI=1S/C27H31F3N4O2S/c1-18-15-33(25-31-23-9-8-21(27(28,29)30)14-24(23)37-25)16-19(2)34(18)26(35)36-22-10-12-32(13-11-22)17-20-6-4-3-5-7-20/h3-9,14,18-19,22H,10-13,15-17H2,1-2H3/t18-,19-/m1/s1. The molecule has 3 heterocycles. The highest BCUT2D eigenvalue weighted by molar-refractivity contribution is 7.22. The van der Waals surface area contributed by atoms with Crippen molar-refractivity contribution >= 4 is 32.8 Å². The lowest BCUT2D eigenvalue weighted by atomic mass is 10.1. The van der Waals surface area contributed by atoms with Gasteiger partial charge in [-0.15, -0.1) is 0 Å². The summed E-state index contributed by atoms with van der Waals surface area (Å²) in [5.41, 5.74) is 1.16. The molecular weight excluding hydrogens is 501 g/mol. The van der Waals surface area contributed by atoms with Crippen LogP contribution in [-0.4, -0.2) is 65.2 Å². The first-order valence-corrected chi connectivity index (χ1v) is 13.5. The number of anilines is 1. The average molecular weight is 533 g/mol. The van der Waals surface area contributed by atoms with Crippen LogP contribution in [0.3, 0.4) is 0 Å². The number of benzene rings is 2. The zero-order valence-corrected chi connectivity index (χ0v) is 21.8. The van der Waals surface area contributed by atoms with Crippen molar-refractivity contribution in [2.45, 2.75) is 57.6 Å². The summed E-state index contributed by atoms with van der Waals surface area (Å²) < 4.78 is 45.7. The molecule has 1 amide bonds. The number of fused-ring (bicyclic) bond motifs is 1. The number of thiazole rings is 1. The molecule has 5 rings (SSSR count). The average Bonchev–Trinajstić information content (AvgIpc) is 3.29. The van der Waals surface area contributed by atoms with Crippen molar-refractivity contribution in [3.05, 3.63) is 59.7 Å². The van der Waals surface area contributed by atoms with Crippen LogP contribution in [0.1, 0.15) is 37.8 Å². The van der Waals surface area contributed by atoms with E-state index in [2.05, 4.69) is 26.9 Å². The molecule has 0 saturated carbocycles. The molecule has 0 aliphatic carbocycles. The zero-order valence-electron chi connectivity index (χ0n) is 20.9. The quantitative estimate of drug-likeness (QED) is 0.412. The lowest BCUT2D eigenvalue weighted by molar-refractivity contribution is -0.137. The van der Waals surface area contributed by atoms with Gasteiger partial charge >= 0.3 is 12.3 Å². The van der Waals surface area contributed by atoms with E-state index in [0.29, 0.717) is 28.4 Å². The zero-order chi connectivity index (χ0) is 26.2. The van der Waals surface area contributed by atoms with Gasteiger partial charge in [0.2, 0.25) is 0 Å². The molecule has 2 atom stereocenters. The summed E-state index contributed by atoms with van der Waals surface area (Å²) in [4.78, 5) is 23.9. The lowest BCUT2D eigenvalue weighted by Crippen LogP contribution is -2.59. The summed E-state index contributed by atoms with van der Waals surface area (Å²) in [5, 5.41) is 0.673. The van der Waals surface area contributed by atoms with Gasteiger partial charge in [0, 0.05) is 32.7 Å². The molecule has 6 nitrogen and oxygen atoms in total. The van der Waals surface area contributed by atoms with E-state index in [4.69, 9.17) is 4.74 Å². The van der Waals surface area contributed by atoms with Crippen LogP contribution in [0, 0.1) is 0 Å². The third-order valence-electron chi connectivity index (χ3n) is 7.16. The molecule has 0 bridgehead atoms. The molecule has 3 aromatic rings. The highest BCUT2D eigenvalue weighted by Gasteiger charge is 2.37. The van der Waals surface area contributed by atoms with Gasteiger partial charge < -0.3 is 9.64 Å². The summed E-state index contributed by atoms with van der Waals surface area (Å²) in [6.45, 7) is 7.71. The molecule has 0 unspecified atom stereocenters. The number of hydrogen-bond acceptors (Lipinski definition) is 6. The normalized spacial score (nSPS) is 22.0. The highest BCUT2D eigenvalue weighted by Crippen LogP contribution is 2.36. The second-order valence-electron chi connectivity index (χ2n) is 10.0. The van der Waals surface area contributed by atoms with Gasteiger partial charge in [0.1, 0.15) is 6.10 Å². The number of aromatic nitrogens is 1. The predicted molar refractivity (Wildman–Crippen MR) is 139 cm³/mol. The van der Waals surface area contributed by atoms with Gasteiger partial charge in [0.25, 0.3) is 0 Å². The maximum atomic E-state index is 13.1. The van der Waals surface area contributed by atoms with Crippen LogP contribution in [0.25, 0.3) is 10.2 Å². The van der Waals surface area contributed by atoms with E-state index >= 15 is 0 Å². The van der Waals surface area contributed by atoms with Gasteiger partial charge in [-0.3, -0.25) is 9.80 Å². The molecule has 0 radical (unpaired) electrons. The molecule has 2 aromatic carbocycles. The van der Waals surface area contributed by atoms with Crippen LogP contribution < -0.4 is 4.90 Å². The Kier molecular flexibility index (Phi) is 7.31. The minimum Gasteiger partial charge on any atom is -0.446 e. The first-order chi connectivity index (χ1) is 17.7. The molecule has 198 valence electrons. The number of alkyl halides is 3. The number of likely N-dealkylation sites (tertiary alicyclic amines) is 1. The monoisotopic (exact) mass is 532 g/mol. The van der Waals surface area contributed by atoms with Crippen molar-refractivity contribution in [1.82, 2.24) is 14.8 Å². The molecule has 37 heavy (non-hydrogen) atoms. The molecule has 1 aromatic heterocycles. The number of amides is 1. The van der Waals surface area contributed by atoms with E-state index in [0.717, 1.165) is 44.6 Å². The Morgan fingerprint density at radius 2 is 1.73 bits per heavy atom. The molecule has 0 spiro atoms. The van der Waals surface area contributed by atoms with Crippen LogP contribution in [0.2, 0.25) is 0 Å². The molecule has 10 heteroatoms.